The fourth-order valence-electron chi connectivity index (χ4n) is 1.65. The quantitative estimate of drug-likeness (QED) is 0.452. The van der Waals surface area contributed by atoms with E-state index in [-0.39, 0.29) is 0 Å². The van der Waals surface area contributed by atoms with E-state index < -0.39 is 0 Å². The summed E-state index contributed by atoms with van der Waals surface area (Å²) in [6.07, 6.45) is 3.83. The molecule has 0 radical (unpaired) electrons. The minimum absolute atomic E-state index is 1.17. The fraction of sp³-hybridized carbons (Fsp3) is 1.00. The monoisotopic (exact) mass is 187 g/mol. The SMILES string of the molecule is CCCNCCC[N+](C)(C)CCC. The van der Waals surface area contributed by atoms with Crippen LogP contribution < -0.4 is 5.32 Å². The number of nitrogens with one attached hydrogen (secondary N) is 1. The summed E-state index contributed by atoms with van der Waals surface area (Å²) in [5, 5.41) is 3.44. The summed E-state index contributed by atoms with van der Waals surface area (Å²) in [7, 11) is 4.65. The number of quaternary nitrogens is 1. The Morgan fingerprint density at radius 2 is 1.62 bits per heavy atom. The van der Waals surface area contributed by atoms with Crippen LogP contribution in [-0.4, -0.2) is 44.8 Å². The van der Waals surface area contributed by atoms with Gasteiger partial charge in [-0.15, -0.1) is 0 Å². The summed E-state index contributed by atoms with van der Waals surface area (Å²) < 4.78 is 1.17. The van der Waals surface area contributed by atoms with Gasteiger partial charge in [0.05, 0.1) is 27.2 Å². The standard InChI is InChI=1S/C11H27N2/c1-5-8-12-9-7-11-13(3,4)10-6-2/h12H,5-11H2,1-4H3/q+1. The maximum atomic E-state index is 3.44. The maximum absolute atomic E-state index is 3.44. The Labute approximate surface area is 83.9 Å². The zero-order chi connectivity index (χ0) is 10.2. The van der Waals surface area contributed by atoms with E-state index in [1.807, 2.05) is 0 Å². The zero-order valence-corrected chi connectivity index (χ0v) is 9.90. The second-order valence-electron chi connectivity index (χ2n) is 4.49. The van der Waals surface area contributed by atoms with Gasteiger partial charge in [0.2, 0.25) is 0 Å². The highest BCUT2D eigenvalue weighted by Gasteiger charge is 2.11. The van der Waals surface area contributed by atoms with Crippen LogP contribution in [0.5, 0.6) is 0 Å². The highest BCUT2D eigenvalue weighted by molar-refractivity contribution is 4.45. The van der Waals surface area contributed by atoms with Crippen LogP contribution in [0.25, 0.3) is 0 Å². The van der Waals surface area contributed by atoms with Gasteiger partial charge in [-0.2, -0.15) is 0 Å². The van der Waals surface area contributed by atoms with Crippen LogP contribution in [0.1, 0.15) is 33.1 Å². The van der Waals surface area contributed by atoms with Gasteiger partial charge in [-0.05, 0) is 19.4 Å². The summed E-state index contributed by atoms with van der Waals surface area (Å²) >= 11 is 0. The van der Waals surface area contributed by atoms with Gasteiger partial charge in [0.15, 0.2) is 0 Å². The smallest absolute Gasteiger partial charge is 0.0794 e. The summed E-state index contributed by atoms with van der Waals surface area (Å²) in [5.41, 5.74) is 0. The lowest BCUT2D eigenvalue weighted by atomic mass is 10.3. The van der Waals surface area contributed by atoms with Crippen LogP contribution in [0.15, 0.2) is 0 Å². The molecule has 0 aliphatic carbocycles. The summed E-state index contributed by atoms with van der Waals surface area (Å²) in [5.74, 6) is 0. The van der Waals surface area contributed by atoms with Gasteiger partial charge in [0.25, 0.3) is 0 Å². The van der Waals surface area contributed by atoms with Gasteiger partial charge in [-0.3, -0.25) is 0 Å². The lowest BCUT2D eigenvalue weighted by Crippen LogP contribution is -2.42. The molecule has 0 amide bonds. The van der Waals surface area contributed by atoms with Crippen molar-refractivity contribution in [2.75, 3.05) is 40.3 Å². The first-order valence-electron chi connectivity index (χ1n) is 5.65. The van der Waals surface area contributed by atoms with Crippen molar-refractivity contribution < 1.29 is 4.48 Å². The topological polar surface area (TPSA) is 12.0 Å². The molecule has 0 unspecified atom stereocenters. The average Bonchev–Trinajstić information content (AvgIpc) is 2.04. The molecule has 1 N–H and O–H groups in total. The molecule has 0 bridgehead atoms. The van der Waals surface area contributed by atoms with Crippen molar-refractivity contribution in [3.8, 4) is 0 Å². The predicted octanol–water partition coefficient (Wildman–Crippen LogP) is 1.86. The zero-order valence-electron chi connectivity index (χ0n) is 9.90. The molecule has 0 heterocycles. The molecule has 0 rings (SSSR count). The number of nitrogens with zero attached hydrogens (tertiary/aromatic N) is 1. The van der Waals surface area contributed by atoms with Crippen molar-refractivity contribution in [1.29, 1.82) is 0 Å². The molecular weight excluding hydrogens is 160 g/mol. The van der Waals surface area contributed by atoms with E-state index in [1.165, 1.54) is 49.9 Å². The molecule has 2 nitrogen and oxygen atoms in total. The molecule has 2 heteroatoms. The van der Waals surface area contributed by atoms with Crippen molar-refractivity contribution >= 4 is 0 Å². The number of hydrogen-bond acceptors (Lipinski definition) is 1. The second-order valence-corrected chi connectivity index (χ2v) is 4.49. The lowest BCUT2D eigenvalue weighted by Gasteiger charge is -2.29. The Kier molecular flexibility index (Phi) is 7.29. The van der Waals surface area contributed by atoms with E-state index >= 15 is 0 Å². The van der Waals surface area contributed by atoms with Crippen LogP contribution in [-0.2, 0) is 0 Å². The van der Waals surface area contributed by atoms with Crippen molar-refractivity contribution in [3.05, 3.63) is 0 Å². The van der Waals surface area contributed by atoms with Gasteiger partial charge in [0, 0.05) is 13.0 Å². The first-order chi connectivity index (χ1) is 6.12. The Balaban J connectivity index is 3.29. The van der Waals surface area contributed by atoms with Crippen LogP contribution in [0.4, 0.5) is 0 Å². The second kappa shape index (κ2) is 7.34. The molecule has 0 aliphatic rings. The van der Waals surface area contributed by atoms with Crippen molar-refractivity contribution in [2.24, 2.45) is 0 Å². The summed E-state index contributed by atoms with van der Waals surface area (Å²) in [6, 6.07) is 0. The minimum Gasteiger partial charge on any atom is -0.328 e. The van der Waals surface area contributed by atoms with Gasteiger partial charge >= 0.3 is 0 Å². The van der Waals surface area contributed by atoms with Crippen LogP contribution in [0.3, 0.4) is 0 Å². The van der Waals surface area contributed by atoms with Crippen molar-refractivity contribution in [1.82, 2.24) is 5.32 Å². The lowest BCUT2D eigenvalue weighted by molar-refractivity contribution is -0.890. The third-order valence-corrected chi connectivity index (χ3v) is 2.37. The third-order valence-electron chi connectivity index (χ3n) is 2.37. The molecule has 0 saturated heterocycles. The molecule has 0 aromatic heterocycles. The predicted molar refractivity (Wildman–Crippen MR) is 59.9 cm³/mol. The minimum atomic E-state index is 1.17. The first kappa shape index (κ1) is 12.9. The van der Waals surface area contributed by atoms with Crippen molar-refractivity contribution in [3.63, 3.8) is 0 Å². The van der Waals surface area contributed by atoms with Gasteiger partial charge in [-0.25, -0.2) is 0 Å². The summed E-state index contributed by atoms with van der Waals surface area (Å²) in [6.45, 7) is 9.41. The van der Waals surface area contributed by atoms with Gasteiger partial charge in [-0.1, -0.05) is 13.8 Å². The highest BCUT2D eigenvalue weighted by Crippen LogP contribution is 2.00. The maximum Gasteiger partial charge on any atom is 0.0794 e. The molecule has 0 aromatic carbocycles. The normalized spacial score (nSPS) is 12.0. The number of rotatable bonds is 8. The molecule has 80 valence electrons. The third kappa shape index (κ3) is 8.26. The first-order valence-corrected chi connectivity index (χ1v) is 5.65. The summed E-state index contributed by atoms with van der Waals surface area (Å²) in [4.78, 5) is 0. The molecule has 0 saturated carbocycles. The van der Waals surface area contributed by atoms with E-state index in [9.17, 15) is 0 Å². The average molecular weight is 187 g/mol. The highest BCUT2D eigenvalue weighted by atomic mass is 15.3. The Morgan fingerprint density at radius 3 is 2.15 bits per heavy atom. The molecule has 0 fully saturated rings. The molecule has 0 aliphatic heterocycles. The molecule has 0 aromatic rings. The number of hydrogen-bond donors (Lipinski definition) is 1. The van der Waals surface area contributed by atoms with Crippen LogP contribution in [0, 0.1) is 0 Å². The van der Waals surface area contributed by atoms with Gasteiger partial charge < -0.3 is 9.80 Å². The van der Waals surface area contributed by atoms with Crippen LogP contribution >= 0.6 is 0 Å². The van der Waals surface area contributed by atoms with E-state index in [0.29, 0.717) is 0 Å². The molecule has 13 heavy (non-hydrogen) atoms. The molecular formula is C11H27N2+. The largest absolute Gasteiger partial charge is 0.328 e. The van der Waals surface area contributed by atoms with Crippen LogP contribution in [0.2, 0.25) is 0 Å². The van der Waals surface area contributed by atoms with Crippen molar-refractivity contribution in [2.45, 2.75) is 33.1 Å². The molecule has 0 spiro atoms. The van der Waals surface area contributed by atoms with E-state index in [0.717, 1.165) is 0 Å². The molecule has 0 atom stereocenters. The van der Waals surface area contributed by atoms with Gasteiger partial charge in [0.1, 0.15) is 0 Å². The van der Waals surface area contributed by atoms with E-state index in [1.54, 1.807) is 0 Å². The Bertz CT molecular complexity index is 111. The Hall–Kier alpha value is -0.0800. The van der Waals surface area contributed by atoms with E-state index in [2.05, 4.69) is 33.3 Å². The van der Waals surface area contributed by atoms with E-state index in [4.69, 9.17) is 0 Å². The Morgan fingerprint density at radius 1 is 0.923 bits per heavy atom. The fourth-order valence-corrected chi connectivity index (χ4v) is 1.65.